The highest BCUT2D eigenvalue weighted by atomic mass is 15.2. The minimum atomic E-state index is 0.635. The summed E-state index contributed by atoms with van der Waals surface area (Å²) in [5, 5.41) is 3.48. The molecule has 1 N–H and O–H groups in total. The van der Waals surface area contributed by atoms with Crippen LogP contribution in [0.3, 0.4) is 0 Å². The molecule has 0 aromatic heterocycles. The summed E-state index contributed by atoms with van der Waals surface area (Å²) in [6.45, 7) is 11.4. The summed E-state index contributed by atoms with van der Waals surface area (Å²) in [6, 6.07) is 0.635. The molecule has 0 aliphatic carbocycles. The lowest BCUT2D eigenvalue weighted by molar-refractivity contribution is 0.224. The fraction of sp³-hybridized carbons (Fsp3) is 0.733. The maximum Gasteiger partial charge on any atom is 0.0308 e. The summed E-state index contributed by atoms with van der Waals surface area (Å²) in [6.07, 6.45) is 10.4. The molecule has 0 amide bonds. The molecule has 17 heavy (non-hydrogen) atoms. The number of allylic oxidation sites excluding steroid dienone is 3. The van der Waals surface area contributed by atoms with Gasteiger partial charge in [0, 0.05) is 19.1 Å². The van der Waals surface area contributed by atoms with Gasteiger partial charge in [0.05, 0.1) is 0 Å². The van der Waals surface area contributed by atoms with Gasteiger partial charge in [-0.25, -0.2) is 0 Å². The zero-order chi connectivity index (χ0) is 12.5. The van der Waals surface area contributed by atoms with Crippen molar-refractivity contribution >= 4 is 0 Å². The second-order valence-electron chi connectivity index (χ2n) is 4.88. The van der Waals surface area contributed by atoms with Crippen molar-refractivity contribution in [2.75, 3.05) is 26.2 Å². The van der Waals surface area contributed by atoms with Gasteiger partial charge in [-0.3, -0.25) is 4.90 Å². The summed E-state index contributed by atoms with van der Waals surface area (Å²) in [5.74, 6) is 0. The Kier molecular flexibility index (Phi) is 7.22. The van der Waals surface area contributed by atoms with Crippen molar-refractivity contribution < 1.29 is 0 Å². The van der Waals surface area contributed by atoms with E-state index in [1.165, 1.54) is 44.5 Å². The standard InChI is InChI=1S/C15H28N2/c1-4-6-9-14(3)15(8-5-2)17-12-7-10-16-11-13-17/h4,6,9,15-16H,5,7-8,10-13H2,1-3H3. The molecule has 0 bridgehead atoms. The van der Waals surface area contributed by atoms with E-state index in [0.717, 1.165) is 6.54 Å². The van der Waals surface area contributed by atoms with E-state index in [1.807, 2.05) is 0 Å². The van der Waals surface area contributed by atoms with Gasteiger partial charge in [-0.05, 0) is 39.8 Å². The van der Waals surface area contributed by atoms with Gasteiger partial charge in [0.15, 0.2) is 0 Å². The molecule has 2 heteroatoms. The molecule has 1 aliphatic heterocycles. The third kappa shape index (κ3) is 5.05. The predicted molar refractivity (Wildman–Crippen MR) is 76.3 cm³/mol. The van der Waals surface area contributed by atoms with E-state index in [9.17, 15) is 0 Å². The van der Waals surface area contributed by atoms with Gasteiger partial charge < -0.3 is 5.32 Å². The molecular formula is C15H28N2. The first-order chi connectivity index (χ1) is 8.29. The first-order valence-corrected chi connectivity index (χ1v) is 7.03. The molecule has 0 aromatic carbocycles. The Bertz CT molecular complexity index is 248. The zero-order valence-corrected chi connectivity index (χ0v) is 11.7. The summed E-state index contributed by atoms with van der Waals surface area (Å²) in [4.78, 5) is 2.65. The Balaban J connectivity index is 2.68. The highest BCUT2D eigenvalue weighted by Gasteiger charge is 2.19. The SMILES string of the molecule is CC=CC=C(C)C(CCC)N1CCCNCC1. The van der Waals surface area contributed by atoms with Crippen LogP contribution in [0.2, 0.25) is 0 Å². The third-order valence-corrected chi connectivity index (χ3v) is 3.45. The monoisotopic (exact) mass is 236 g/mol. The van der Waals surface area contributed by atoms with Crippen molar-refractivity contribution in [1.29, 1.82) is 0 Å². The Morgan fingerprint density at radius 3 is 2.88 bits per heavy atom. The second kappa shape index (κ2) is 8.48. The zero-order valence-electron chi connectivity index (χ0n) is 11.7. The van der Waals surface area contributed by atoms with Crippen LogP contribution in [-0.4, -0.2) is 37.1 Å². The van der Waals surface area contributed by atoms with Crippen molar-refractivity contribution in [2.45, 2.75) is 46.1 Å². The van der Waals surface area contributed by atoms with Gasteiger partial charge in [0.1, 0.15) is 0 Å². The van der Waals surface area contributed by atoms with Gasteiger partial charge in [-0.2, -0.15) is 0 Å². The molecule has 0 aromatic rings. The molecule has 0 radical (unpaired) electrons. The van der Waals surface area contributed by atoms with Crippen LogP contribution in [-0.2, 0) is 0 Å². The van der Waals surface area contributed by atoms with Crippen LogP contribution in [0.1, 0.15) is 40.0 Å². The van der Waals surface area contributed by atoms with Crippen molar-refractivity contribution in [1.82, 2.24) is 10.2 Å². The van der Waals surface area contributed by atoms with Gasteiger partial charge in [-0.1, -0.05) is 37.1 Å². The lowest BCUT2D eigenvalue weighted by Crippen LogP contribution is -2.38. The van der Waals surface area contributed by atoms with Gasteiger partial charge in [0.2, 0.25) is 0 Å². The first-order valence-electron chi connectivity index (χ1n) is 7.03. The van der Waals surface area contributed by atoms with E-state index in [1.54, 1.807) is 0 Å². The molecule has 1 unspecified atom stereocenters. The highest BCUT2D eigenvalue weighted by Crippen LogP contribution is 2.17. The fourth-order valence-corrected chi connectivity index (χ4v) is 2.51. The van der Waals surface area contributed by atoms with Crippen molar-refractivity contribution in [3.8, 4) is 0 Å². The number of rotatable bonds is 5. The Morgan fingerprint density at radius 1 is 1.35 bits per heavy atom. The molecule has 1 heterocycles. The van der Waals surface area contributed by atoms with E-state index in [2.05, 4.69) is 49.2 Å². The lowest BCUT2D eigenvalue weighted by Gasteiger charge is -2.31. The summed E-state index contributed by atoms with van der Waals surface area (Å²) >= 11 is 0. The van der Waals surface area contributed by atoms with E-state index in [4.69, 9.17) is 0 Å². The molecule has 1 atom stereocenters. The molecule has 0 saturated carbocycles. The molecule has 2 nitrogen and oxygen atoms in total. The first kappa shape index (κ1) is 14.5. The molecule has 98 valence electrons. The van der Waals surface area contributed by atoms with E-state index in [0.29, 0.717) is 6.04 Å². The van der Waals surface area contributed by atoms with E-state index >= 15 is 0 Å². The molecular weight excluding hydrogens is 208 g/mol. The molecule has 1 rings (SSSR count). The number of nitrogens with zero attached hydrogens (tertiary/aromatic N) is 1. The highest BCUT2D eigenvalue weighted by molar-refractivity contribution is 5.16. The topological polar surface area (TPSA) is 15.3 Å². The number of hydrogen-bond donors (Lipinski definition) is 1. The number of hydrogen-bond acceptors (Lipinski definition) is 2. The van der Waals surface area contributed by atoms with Crippen LogP contribution in [0.25, 0.3) is 0 Å². The molecule has 1 aliphatic rings. The third-order valence-electron chi connectivity index (χ3n) is 3.45. The van der Waals surface area contributed by atoms with Crippen molar-refractivity contribution in [3.63, 3.8) is 0 Å². The maximum atomic E-state index is 3.48. The van der Waals surface area contributed by atoms with Crippen molar-refractivity contribution in [2.24, 2.45) is 0 Å². The van der Waals surface area contributed by atoms with Gasteiger partial charge in [-0.15, -0.1) is 0 Å². The molecule has 1 saturated heterocycles. The van der Waals surface area contributed by atoms with Gasteiger partial charge in [0.25, 0.3) is 0 Å². The predicted octanol–water partition coefficient (Wildman–Crippen LogP) is 2.97. The smallest absolute Gasteiger partial charge is 0.0308 e. The number of nitrogens with one attached hydrogen (secondary N) is 1. The van der Waals surface area contributed by atoms with Crippen LogP contribution in [0.5, 0.6) is 0 Å². The van der Waals surface area contributed by atoms with Crippen LogP contribution in [0.4, 0.5) is 0 Å². The minimum Gasteiger partial charge on any atom is -0.315 e. The van der Waals surface area contributed by atoms with E-state index < -0.39 is 0 Å². The van der Waals surface area contributed by atoms with Crippen LogP contribution in [0, 0.1) is 0 Å². The Morgan fingerprint density at radius 2 is 2.18 bits per heavy atom. The lowest BCUT2D eigenvalue weighted by atomic mass is 10.0. The fourth-order valence-electron chi connectivity index (χ4n) is 2.51. The Labute approximate surface area is 107 Å². The summed E-state index contributed by atoms with van der Waals surface area (Å²) in [5.41, 5.74) is 1.51. The van der Waals surface area contributed by atoms with Crippen LogP contribution in [0.15, 0.2) is 23.8 Å². The second-order valence-corrected chi connectivity index (χ2v) is 4.88. The van der Waals surface area contributed by atoms with Crippen LogP contribution >= 0.6 is 0 Å². The molecule has 1 fully saturated rings. The average Bonchev–Trinajstić information content (AvgIpc) is 2.61. The largest absolute Gasteiger partial charge is 0.315 e. The van der Waals surface area contributed by atoms with E-state index in [-0.39, 0.29) is 0 Å². The molecule has 0 spiro atoms. The van der Waals surface area contributed by atoms with Crippen LogP contribution < -0.4 is 5.32 Å². The minimum absolute atomic E-state index is 0.635. The maximum absolute atomic E-state index is 3.48. The quantitative estimate of drug-likeness (QED) is 0.738. The average molecular weight is 236 g/mol. The summed E-state index contributed by atoms with van der Waals surface area (Å²) < 4.78 is 0. The Hall–Kier alpha value is -0.600. The van der Waals surface area contributed by atoms with Crippen molar-refractivity contribution in [3.05, 3.63) is 23.8 Å². The summed E-state index contributed by atoms with van der Waals surface area (Å²) in [7, 11) is 0. The normalized spacial score (nSPS) is 21.7. The van der Waals surface area contributed by atoms with Gasteiger partial charge >= 0.3 is 0 Å².